The Morgan fingerprint density at radius 1 is 1.55 bits per heavy atom. The van der Waals surface area contributed by atoms with Crippen molar-refractivity contribution in [2.75, 3.05) is 7.05 Å². The van der Waals surface area contributed by atoms with Crippen LogP contribution in [0.3, 0.4) is 0 Å². The summed E-state index contributed by atoms with van der Waals surface area (Å²) in [4.78, 5) is 11.4. The van der Waals surface area contributed by atoms with Crippen LogP contribution in [0.4, 0.5) is 0 Å². The van der Waals surface area contributed by atoms with Gasteiger partial charge in [0.25, 0.3) is 0 Å². The van der Waals surface area contributed by atoms with Crippen molar-refractivity contribution in [1.82, 2.24) is 5.32 Å². The van der Waals surface area contributed by atoms with Crippen molar-refractivity contribution in [3.63, 3.8) is 0 Å². The summed E-state index contributed by atoms with van der Waals surface area (Å²) in [5.74, 6) is 0.742. The van der Waals surface area contributed by atoms with Crippen molar-refractivity contribution in [3.05, 3.63) is 0 Å². The molecule has 0 aliphatic heterocycles. The van der Waals surface area contributed by atoms with Gasteiger partial charge in [0.2, 0.25) is 0 Å². The first kappa shape index (κ1) is 8.72. The molecule has 64 valence electrons. The summed E-state index contributed by atoms with van der Waals surface area (Å²) in [6.45, 7) is 2.09. The molecule has 0 amide bonds. The molecule has 0 aromatic rings. The molecule has 2 nitrogen and oxygen atoms in total. The lowest BCUT2D eigenvalue weighted by molar-refractivity contribution is -0.125. The lowest BCUT2D eigenvalue weighted by Gasteiger charge is -2.25. The van der Waals surface area contributed by atoms with Gasteiger partial charge in [-0.3, -0.25) is 4.79 Å². The average Bonchev–Trinajstić information content (AvgIpc) is 2.04. The molecule has 0 saturated heterocycles. The van der Waals surface area contributed by atoms with Crippen LogP contribution >= 0.6 is 0 Å². The summed E-state index contributed by atoms with van der Waals surface area (Å²) in [6.07, 6.45) is 4.21. The molecule has 11 heavy (non-hydrogen) atoms. The van der Waals surface area contributed by atoms with E-state index in [-0.39, 0.29) is 5.92 Å². The topological polar surface area (TPSA) is 29.1 Å². The Bertz CT molecular complexity index is 144. The lowest BCUT2D eigenvalue weighted by atomic mass is 9.83. The van der Waals surface area contributed by atoms with E-state index in [2.05, 4.69) is 12.2 Å². The van der Waals surface area contributed by atoms with Gasteiger partial charge in [0.1, 0.15) is 5.78 Å². The Balaban J connectivity index is 2.47. The number of carbonyl (C=O) groups is 1. The molecule has 0 aromatic carbocycles. The van der Waals surface area contributed by atoms with E-state index < -0.39 is 0 Å². The van der Waals surface area contributed by atoms with Gasteiger partial charge in [-0.15, -0.1) is 0 Å². The van der Waals surface area contributed by atoms with E-state index in [4.69, 9.17) is 0 Å². The normalized spacial score (nSPS) is 28.5. The minimum Gasteiger partial charge on any atom is -0.317 e. The minimum atomic E-state index is 0.286. The number of ketones is 1. The Hall–Kier alpha value is -0.370. The first-order valence-electron chi connectivity index (χ1n) is 4.45. The first-order chi connectivity index (χ1) is 5.25. The molecule has 0 bridgehead atoms. The van der Waals surface area contributed by atoms with Gasteiger partial charge < -0.3 is 5.32 Å². The summed E-state index contributed by atoms with van der Waals surface area (Å²) in [6, 6.07) is 0.364. The zero-order valence-electron chi connectivity index (χ0n) is 7.39. The molecule has 1 rings (SSSR count). The third-order valence-electron chi connectivity index (χ3n) is 2.66. The number of hydrogen-bond donors (Lipinski definition) is 1. The van der Waals surface area contributed by atoms with Gasteiger partial charge in [-0.1, -0.05) is 6.42 Å². The van der Waals surface area contributed by atoms with Crippen LogP contribution in [0.15, 0.2) is 0 Å². The molecule has 1 aliphatic rings. The smallest absolute Gasteiger partial charge is 0.137 e. The first-order valence-corrected chi connectivity index (χ1v) is 4.45. The fraction of sp³-hybridized carbons (Fsp3) is 0.889. The molecule has 1 saturated carbocycles. The molecule has 1 fully saturated rings. The molecule has 1 aliphatic carbocycles. The van der Waals surface area contributed by atoms with E-state index in [1.165, 1.54) is 6.42 Å². The van der Waals surface area contributed by atoms with Crippen LogP contribution in [0, 0.1) is 5.92 Å². The summed E-state index contributed by atoms with van der Waals surface area (Å²) in [7, 11) is 1.92. The fourth-order valence-corrected chi connectivity index (χ4v) is 1.74. The number of carbonyl (C=O) groups excluding carboxylic acids is 1. The Labute approximate surface area is 68.4 Å². The molecular weight excluding hydrogens is 138 g/mol. The average molecular weight is 155 g/mol. The van der Waals surface area contributed by atoms with Gasteiger partial charge in [0, 0.05) is 18.4 Å². The van der Waals surface area contributed by atoms with Crippen molar-refractivity contribution in [2.24, 2.45) is 5.92 Å². The van der Waals surface area contributed by atoms with Crippen LogP contribution in [-0.2, 0) is 4.79 Å². The van der Waals surface area contributed by atoms with Gasteiger partial charge in [-0.05, 0) is 26.8 Å². The summed E-state index contributed by atoms with van der Waals surface area (Å²) >= 11 is 0. The molecular formula is C9H17NO. The van der Waals surface area contributed by atoms with Gasteiger partial charge in [-0.25, -0.2) is 0 Å². The number of hydrogen-bond acceptors (Lipinski definition) is 2. The summed E-state index contributed by atoms with van der Waals surface area (Å²) in [5, 5.41) is 3.14. The van der Waals surface area contributed by atoms with E-state index in [0.717, 1.165) is 19.3 Å². The van der Waals surface area contributed by atoms with Gasteiger partial charge >= 0.3 is 0 Å². The van der Waals surface area contributed by atoms with E-state index >= 15 is 0 Å². The van der Waals surface area contributed by atoms with Crippen molar-refractivity contribution in [2.45, 2.75) is 38.6 Å². The maximum absolute atomic E-state index is 11.4. The van der Waals surface area contributed by atoms with E-state index in [9.17, 15) is 4.79 Å². The number of rotatable bonds is 2. The summed E-state index contributed by atoms with van der Waals surface area (Å²) < 4.78 is 0. The quantitative estimate of drug-likeness (QED) is 0.652. The molecule has 0 spiro atoms. The maximum Gasteiger partial charge on any atom is 0.137 e. The molecule has 0 aromatic heterocycles. The minimum absolute atomic E-state index is 0.286. The number of nitrogens with one attached hydrogen (secondary N) is 1. The molecule has 1 unspecified atom stereocenters. The standard InChI is InChI=1S/C9H17NO/c1-7(10-2)8-5-3-4-6-9(8)11/h7-8,10H,3-6H2,1-2H3/t7-,8?/m1/s1. The van der Waals surface area contributed by atoms with Gasteiger partial charge in [-0.2, -0.15) is 0 Å². The van der Waals surface area contributed by atoms with E-state index in [1.807, 2.05) is 7.05 Å². The summed E-state index contributed by atoms with van der Waals surface area (Å²) in [5.41, 5.74) is 0. The highest BCUT2D eigenvalue weighted by Gasteiger charge is 2.25. The monoisotopic (exact) mass is 155 g/mol. The van der Waals surface area contributed by atoms with Crippen LogP contribution < -0.4 is 5.32 Å². The zero-order valence-corrected chi connectivity index (χ0v) is 7.39. The second-order valence-corrected chi connectivity index (χ2v) is 3.40. The second-order valence-electron chi connectivity index (χ2n) is 3.40. The highest BCUT2D eigenvalue weighted by atomic mass is 16.1. The zero-order chi connectivity index (χ0) is 8.27. The third kappa shape index (κ3) is 2.03. The molecule has 0 radical (unpaired) electrons. The van der Waals surface area contributed by atoms with Gasteiger partial charge in [0.15, 0.2) is 0 Å². The Morgan fingerprint density at radius 3 is 2.82 bits per heavy atom. The van der Waals surface area contributed by atoms with Crippen LogP contribution in [0.1, 0.15) is 32.6 Å². The van der Waals surface area contributed by atoms with Crippen molar-refractivity contribution in [1.29, 1.82) is 0 Å². The fourth-order valence-electron chi connectivity index (χ4n) is 1.74. The number of Topliss-reactive ketones (excluding diaryl/α,β-unsaturated/α-hetero) is 1. The molecule has 1 N–H and O–H groups in total. The third-order valence-corrected chi connectivity index (χ3v) is 2.66. The van der Waals surface area contributed by atoms with Crippen LogP contribution in [-0.4, -0.2) is 18.9 Å². The largest absolute Gasteiger partial charge is 0.317 e. The van der Waals surface area contributed by atoms with Crippen molar-refractivity contribution < 1.29 is 4.79 Å². The van der Waals surface area contributed by atoms with Crippen LogP contribution in [0.5, 0.6) is 0 Å². The Kier molecular flexibility index (Phi) is 3.06. The van der Waals surface area contributed by atoms with E-state index in [0.29, 0.717) is 11.8 Å². The van der Waals surface area contributed by atoms with Crippen LogP contribution in [0.25, 0.3) is 0 Å². The van der Waals surface area contributed by atoms with E-state index in [1.54, 1.807) is 0 Å². The molecule has 2 heteroatoms. The maximum atomic E-state index is 11.4. The lowest BCUT2D eigenvalue weighted by Crippen LogP contribution is -2.37. The van der Waals surface area contributed by atoms with Crippen molar-refractivity contribution >= 4 is 5.78 Å². The second kappa shape index (κ2) is 3.86. The SMILES string of the molecule is CN[C@H](C)C1CCCCC1=O. The highest BCUT2D eigenvalue weighted by Crippen LogP contribution is 2.22. The van der Waals surface area contributed by atoms with Crippen LogP contribution in [0.2, 0.25) is 0 Å². The van der Waals surface area contributed by atoms with Crippen molar-refractivity contribution in [3.8, 4) is 0 Å². The highest BCUT2D eigenvalue weighted by molar-refractivity contribution is 5.82. The predicted molar refractivity (Wildman–Crippen MR) is 45.5 cm³/mol. The van der Waals surface area contributed by atoms with Gasteiger partial charge in [0.05, 0.1) is 0 Å². The predicted octanol–water partition coefficient (Wildman–Crippen LogP) is 1.35. The molecule has 2 atom stereocenters. The molecule has 0 heterocycles. The Morgan fingerprint density at radius 2 is 2.27 bits per heavy atom.